The fourth-order valence-electron chi connectivity index (χ4n) is 1.87. The van der Waals surface area contributed by atoms with Crippen molar-refractivity contribution in [1.82, 2.24) is 9.55 Å². The molecule has 0 aliphatic heterocycles. The van der Waals surface area contributed by atoms with Crippen LogP contribution in [-0.4, -0.2) is 27.2 Å². The second-order valence-corrected chi connectivity index (χ2v) is 4.31. The number of nitrogens with two attached hydrogens (primary N) is 1. The van der Waals surface area contributed by atoms with Crippen LogP contribution in [0.2, 0.25) is 0 Å². The van der Waals surface area contributed by atoms with E-state index < -0.39 is 5.97 Å². The Kier molecular flexibility index (Phi) is 5.69. The van der Waals surface area contributed by atoms with Crippen LogP contribution in [-0.2, 0) is 18.3 Å². The topological polar surface area (TPSA) is 81.1 Å². The molecule has 0 spiro atoms. The molecular weight excluding hydrogens is 218 g/mol. The summed E-state index contributed by atoms with van der Waals surface area (Å²) in [7, 11) is 1.92. The molecule has 3 N–H and O–H groups in total. The van der Waals surface area contributed by atoms with E-state index in [2.05, 4.69) is 4.98 Å². The Morgan fingerprint density at radius 2 is 2.29 bits per heavy atom. The van der Waals surface area contributed by atoms with Crippen LogP contribution in [0.4, 0.5) is 0 Å². The third-order valence-corrected chi connectivity index (χ3v) is 2.99. The Labute approximate surface area is 102 Å². The third kappa shape index (κ3) is 4.56. The maximum absolute atomic E-state index is 11.1. The molecule has 1 aromatic rings. The van der Waals surface area contributed by atoms with Gasteiger partial charge in [0.25, 0.3) is 0 Å². The number of aliphatic carboxylic acids is 1. The summed E-state index contributed by atoms with van der Waals surface area (Å²) in [5.41, 5.74) is 5.40. The monoisotopic (exact) mass is 239 g/mol. The predicted octanol–water partition coefficient (Wildman–Crippen LogP) is 1.18. The van der Waals surface area contributed by atoms with E-state index in [4.69, 9.17) is 10.8 Å². The van der Waals surface area contributed by atoms with Gasteiger partial charge in [0.15, 0.2) is 0 Å². The van der Waals surface area contributed by atoms with E-state index in [1.807, 2.05) is 17.8 Å². The Bertz CT molecular complexity index is 349. The van der Waals surface area contributed by atoms with Crippen molar-refractivity contribution in [3.05, 3.63) is 18.2 Å². The maximum atomic E-state index is 11.1. The smallest absolute Gasteiger partial charge is 0.306 e. The number of unbranched alkanes of at least 4 members (excludes halogenated alkanes) is 1. The van der Waals surface area contributed by atoms with Crippen LogP contribution in [0.25, 0.3) is 0 Å². The maximum Gasteiger partial charge on any atom is 0.306 e. The van der Waals surface area contributed by atoms with Gasteiger partial charge >= 0.3 is 5.97 Å². The van der Waals surface area contributed by atoms with Crippen molar-refractivity contribution >= 4 is 5.97 Å². The summed E-state index contributed by atoms with van der Waals surface area (Å²) in [5.74, 6) is -0.0513. The molecule has 0 amide bonds. The van der Waals surface area contributed by atoms with Crippen LogP contribution >= 0.6 is 0 Å². The van der Waals surface area contributed by atoms with Crippen LogP contribution in [0.3, 0.4) is 0 Å². The first-order valence-corrected chi connectivity index (χ1v) is 6.04. The average molecular weight is 239 g/mol. The lowest BCUT2D eigenvalue weighted by atomic mass is 9.96. The fraction of sp³-hybridized carbons (Fsp3) is 0.667. The highest BCUT2D eigenvalue weighted by molar-refractivity contribution is 5.69. The fourth-order valence-corrected chi connectivity index (χ4v) is 1.87. The van der Waals surface area contributed by atoms with Gasteiger partial charge in [0, 0.05) is 25.9 Å². The zero-order chi connectivity index (χ0) is 12.7. The summed E-state index contributed by atoms with van der Waals surface area (Å²) in [5, 5.41) is 9.11. The summed E-state index contributed by atoms with van der Waals surface area (Å²) in [6, 6.07) is 0. The number of aryl methyl sites for hydroxylation is 2. The zero-order valence-corrected chi connectivity index (χ0v) is 10.3. The normalized spacial score (nSPS) is 12.6. The molecule has 5 nitrogen and oxygen atoms in total. The van der Waals surface area contributed by atoms with Crippen LogP contribution < -0.4 is 5.73 Å². The van der Waals surface area contributed by atoms with Crippen LogP contribution in [0, 0.1) is 5.92 Å². The minimum absolute atomic E-state index is 0.279. The Morgan fingerprint density at radius 3 is 2.82 bits per heavy atom. The SMILES string of the molecule is Cn1ccnc1CCC(CCCCN)C(=O)O. The van der Waals surface area contributed by atoms with Gasteiger partial charge in [-0.3, -0.25) is 4.79 Å². The van der Waals surface area contributed by atoms with Crippen molar-refractivity contribution in [3.63, 3.8) is 0 Å². The number of hydrogen-bond donors (Lipinski definition) is 2. The summed E-state index contributed by atoms with van der Waals surface area (Å²) in [4.78, 5) is 15.3. The molecule has 0 bridgehead atoms. The number of carbonyl (C=O) groups is 1. The van der Waals surface area contributed by atoms with Crippen molar-refractivity contribution in [1.29, 1.82) is 0 Å². The lowest BCUT2D eigenvalue weighted by Crippen LogP contribution is -2.16. The molecule has 1 rings (SSSR count). The van der Waals surface area contributed by atoms with E-state index in [-0.39, 0.29) is 5.92 Å². The molecule has 17 heavy (non-hydrogen) atoms. The standard InChI is InChI=1S/C12H21N3O2/c1-15-9-8-14-11(15)6-5-10(12(16)17)4-2-3-7-13/h8-10H,2-7,13H2,1H3,(H,16,17). The van der Waals surface area contributed by atoms with Gasteiger partial charge < -0.3 is 15.4 Å². The minimum atomic E-state index is -0.712. The summed E-state index contributed by atoms with van der Waals surface area (Å²) in [6.45, 7) is 0.631. The molecule has 1 heterocycles. The van der Waals surface area contributed by atoms with E-state index in [1.54, 1.807) is 6.20 Å². The van der Waals surface area contributed by atoms with Crippen LogP contribution in [0.15, 0.2) is 12.4 Å². The molecular formula is C12H21N3O2. The number of carboxylic acid groups (broad SMARTS) is 1. The Morgan fingerprint density at radius 1 is 1.53 bits per heavy atom. The number of hydrogen-bond acceptors (Lipinski definition) is 3. The highest BCUT2D eigenvalue weighted by Crippen LogP contribution is 2.15. The molecule has 5 heteroatoms. The van der Waals surface area contributed by atoms with E-state index >= 15 is 0 Å². The van der Waals surface area contributed by atoms with Crippen molar-refractivity contribution in [2.45, 2.75) is 32.1 Å². The number of carboxylic acids is 1. The zero-order valence-electron chi connectivity index (χ0n) is 10.3. The van der Waals surface area contributed by atoms with Crippen molar-refractivity contribution < 1.29 is 9.90 Å². The summed E-state index contributed by atoms with van der Waals surface area (Å²) in [6.07, 6.45) is 7.45. The molecule has 0 fully saturated rings. The number of nitrogens with zero attached hydrogens (tertiary/aromatic N) is 2. The molecule has 0 saturated carbocycles. The Balaban J connectivity index is 2.39. The molecule has 0 aliphatic rings. The number of rotatable bonds is 8. The van der Waals surface area contributed by atoms with Crippen LogP contribution in [0.1, 0.15) is 31.5 Å². The van der Waals surface area contributed by atoms with Gasteiger partial charge in [-0.25, -0.2) is 4.98 Å². The summed E-state index contributed by atoms with van der Waals surface area (Å²) >= 11 is 0. The van der Waals surface area contributed by atoms with Gasteiger partial charge in [0.2, 0.25) is 0 Å². The second kappa shape index (κ2) is 7.06. The molecule has 0 aromatic carbocycles. The highest BCUT2D eigenvalue weighted by Gasteiger charge is 2.17. The quantitative estimate of drug-likeness (QED) is 0.667. The van der Waals surface area contributed by atoms with Gasteiger partial charge in [-0.05, 0) is 25.8 Å². The predicted molar refractivity (Wildman–Crippen MR) is 65.6 cm³/mol. The molecule has 1 aromatic heterocycles. The van der Waals surface area contributed by atoms with Gasteiger partial charge in [0.1, 0.15) is 5.82 Å². The third-order valence-electron chi connectivity index (χ3n) is 2.99. The van der Waals surface area contributed by atoms with E-state index in [0.717, 1.165) is 18.7 Å². The van der Waals surface area contributed by atoms with Crippen molar-refractivity contribution in [2.24, 2.45) is 18.7 Å². The Hall–Kier alpha value is -1.36. The second-order valence-electron chi connectivity index (χ2n) is 4.31. The first-order valence-electron chi connectivity index (χ1n) is 6.04. The minimum Gasteiger partial charge on any atom is -0.481 e. The molecule has 1 atom stereocenters. The van der Waals surface area contributed by atoms with E-state index in [9.17, 15) is 4.79 Å². The van der Waals surface area contributed by atoms with E-state index in [1.165, 1.54) is 0 Å². The van der Waals surface area contributed by atoms with Gasteiger partial charge in [-0.1, -0.05) is 6.42 Å². The van der Waals surface area contributed by atoms with Gasteiger partial charge in [-0.15, -0.1) is 0 Å². The van der Waals surface area contributed by atoms with E-state index in [0.29, 0.717) is 25.8 Å². The van der Waals surface area contributed by atoms with Crippen molar-refractivity contribution in [2.75, 3.05) is 6.54 Å². The van der Waals surface area contributed by atoms with Gasteiger partial charge in [-0.2, -0.15) is 0 Å². The molecule has 1 unspecified atom stereocenters. The first-order chi connectivity index (χ1) is 8.15. The first kappa shape index (κ1) is 13.7. The number of imidazole rings is 1. The lowest BCUT2D eigenvalue weighted by molar-refractivity contribution is -0.142. The van der Waals surface area contributed by atoms with Gasteiger partial charge in [0.05, 0.1) is 5.92 Å². The molecule has 0 aliphatic carbocycles. The molecule has 96 valence electrons. The van der Waals surface area contributed by atoms with Crippen LogP contribution in [0.5, 0.6) is 0 Å². The lowest BCUT2D eigenvalue weighted by Gasteiger charge is -2.11. The molecule has 0 radical (unpaired) electrons. The highest BCUT2D eigenvalue weighted by atomic mass is 16.4. The largest absolute Gasteiger partial charge is 0.481 e. The summed E-state index contributed by atoms with van der Waals surface area (Å²) < 4.78 is 1.93. The number of aromatic nitrogens is 2. The average Bonchev–Trinajstić information content (AvgIpc) is 2.69. The molecule has 0 saturated heterocycles. The van der Waals surface area contributed by atoms with Crippen molar-refractivity contribution in [3.8, 4) is 0 Å².